The summed E-state index contributed by atoms with van der Waals surface area (Å²) in [6.07, 6.45) is 1.69. The van der Waals surface area contributed by atoms with Crippen molar-refractivity contribution in [1.29, 1.82) is 5.26 Å². The van der Waals surface area contributed by atoms with E-state index < -0.39 is 0 Å². The van der Waals surface area contributed by atoms with Gasteiger partial charge in [-0.3, -0.25) is 0 Å². The predicted molar refractivity (Wildman–Crippen MR) is 78.2 cm³/mol. The third kappa shape index (κ3) is 3.31. The van der Waals surface area contributed by atoms with Gasteiger partial charge in [-0.15, -0.1) is 11.3 Å². The summed E-state index contributed by atoms with van der Waals surface area (Å²) >= 11 is 1.74. The van der Waals surface area contributed by atoms with Gasteiger partial charge >= 0.3 is 0 Å². The van der Waals surface area contributed by atoms with Crippen LogP contribution < -0.4 is 5.32 Å². The molecule has 4 nitrogen and oxygen atoms in total. The Labute approximate surface area is 117 Å². The van der Waals surface area contributed by atoms with Gasteiger partial charge in [-0.05, 0) is 37.7 Å². The molecule has 1 unspecified atom stereocenters. The van der Waals surface area contributed by atoms with Gasteiger partial charge in [0.25, 0.3) is 0 Å². The molecule has 2 rings (SSSR count). The molecular formula is C14H16N4S. The number of nitrogens with one attached hydrogen (secondary N) is 1. The quantitative estimate of drug-likeness (QED) is 0.909. The summed E-state index contributed by atoms with van der Waals surface area (Å²) in [6, 6.07) is 10.1. The summed E-state index contributed by atoms with van der Waals surface area (Å²) < 4.78 is 0. The minimum Gasteiger partial charge on any atom is -0.367 e. The Morgan fingerprint density at radius 2 is 2.26 bits per heavy atom. The van der Waals surface area contributed by atoms with Crippen LogP contribution in [-0.2, 0) is 0 Å². The van der Waals surface area contributed by atoms with E-state index >= 15 is 0 Å². The molecule has 0 fully saturated rings. The van der Waals surface area contributed by atoms with Crippen LogP contribution in [0.5, 0.6) is 0 Å². The van der Waals surface area contributed by atoms with E-state index in [4.69, 9.17) is 5.26 Å². The number of rotatable bonds is 5. The second-order valence-corrected chi connectivity index (χ2v) is 5.37. The summed E-state index contributed by atoms with van der Waals surface area (Å²) in [4.78, 5) is 7.67. The number of aromatic nitrogens is 1. The Hall–Kier alpha value is -1.90. The molecule has 0 aromatic carbocycles. The Balaban J connectivity index is 2.10. The summed E-state index contributed by atoms with van der Waals surface area (Å²) in [5.74, 6) is 0.647. The summed E-state index contributed by atoms with van der Waals surface area (Å²) in [7, 11) is 4.10. The van der Waals surface area contributed by atoms with Gasteiger partial charge in [0.15, 0.2) is 0 Å². The number of pyridine rings is 1. The van der Waals surface area contributed by atoms with Crippen molar-refractivity contribution in [3.05, 3.63) is 46.3 Å². The Morgan fingerprint density at radius 3 is 2.89 bits per heavy atom. The Kier molecular flexibility index (Phi) is 4.50. The number of nitrogens with zero attached hydrogens (tertiary/aromatic N) is 3. The van der Waals surface area contributed by atoms with Crippen LogP contribution in [-0.4, -0.2) is 30.5 Å². The van der Waals surface area contributed by atoms with Crippen LogP contribution in [0.2, 0.25) is 0 Å². The predicted octanol–water partition coefficient (Wildman–Crippen LogP) is 2.73. The molecule has 1 N–H and O–H groups in total. The second kappa shape index (κ2) is 6.32. The van der Waals surface area contributed by atoms with Crippen molar-refractivity contribution < 1.29 is 0 Å². The molecule has 0 amide bonds. The zero-order valence-electron chi connectivity index (χ0n) is 11.0. The summed E-state index contributed by atoms with van der Waals surface area (Å²) in [6.45, 7) is 0.721. The number of hydrogen-bond acceptors (Lipinski definition) is 5. The number of thiophene rings is 1. The van der Waals surface area contributed by atoms with Crippen LogP contribution in [0.4, 0.5) is 5.82 Å². The van der Waals surface area contributed by atoms with E-state index in [-0.39, 0.29) is 6.04 Å². The highest BCUT2D eigenvalue weighted by atomic mass is 32.1. The van der Waals surface area contributed by atoms with Crippen LogP contribution in [0.15, 0.2) is 35.8 Å². The van der Waals surface area contributed by atoms with Crippen LogP contribution in [0.25, 0.3) is 0 Å². The molecule has 0 spiro atoms. The number of likely N-dealkylation sites (N-methyl/N-ethyl adjacent to an activating group) is 1. The van der Waals surface area contributed by atoms with Gasteiger partial charge in [-0.25, -0.2) is 4.98 Å². The third-order valence-electron chi connectivity index (χ3n) is 2.89. The molecule has 2 aromatic rings. The van der Waals surface area contributed by atoms with Gasteiger partial charge in [-0.1, -0.05) is 6.07 Å². The number of nitriles is 1. The first kappa shape index (κ1) is 13.5. The molecule has 1 atom stereocenters. The molecule has 2 aromatic heterocycles. The lowest BCUT2D eigenvalue weighted by Crippen LogP contribution is -2.26. The standard InChI is InChI=1S/C14H16N4S/c1-18(2)12(13-6-4-8-19-13)10-17-14-11(9-15)5-3-7-16-14/h3-8,12H,10H2,1-2H3,(H,16,17). The molecule has 19 heavy (non-hydrogen) atoms. The average molecular weight is 272 g/mol. The Morgan fingerprint density at radius 1 is 1.42 bits per heavy atom. The second-order valence-electron chi connectivity index (χ2n) is 4.39. The molecule has 0 aliphatic rings. The van der Waals surface area contributed by atoms with E-state index in [0.29, 0.717) is 11.4 Å². The fourth-order valence-electron chi connectivity index (χ4n) is 1.85. The zero-order chi connectivity index (χ0) is 13.7. The first-order valence-corrected chi connectivity index (χ1v) is 6.89. The van der Waals surface area contributed by atoms with Crippen molar-refractivity contribution in [2.75, 3.05) is 26.0 Å². The first-order valence-electron chi connectivity index (χ1n) is 6.01. The number of hydrogen-bond donors (Lipinski definition) is 1. The van der Waals surface area contributed by atoms with E-state index in [1.807, 2.05) is 0 Å². The topological polar surface area (TPSA) is 52.0 Å². The van der Waals surface area contributed by atoms with Gasteiger partial charge in [0.1, 0.15) is 11.9 Å². The molecular weight excluding hydrogens is 256 g/mol. The SMILES string of the molecule is CN(C)C(CNc1ncccc1C#N)c1cccs1. The van der Waals surface area contributed by atoms with Crippen molar-refractivity contribution in [2.24, 2.45) is 0 Å². The highest BCUT2D eigenvalue weighted by molar-refractivity contribution is 7.10. The fourth-order valence-corrected chi connectivity index (χ4v) is 2.77. The molecule has 0 aliphatic heterocycles. The lowest BCUT2D eigenvalue weighted by molar-refractivity contribution is 0.316. The first-order chi connectivity index (χ1) is 9.22. The molecule has 0 radical (unpaired) electrons. The highest BCUT2D eigenvalue weighted by Crippen LogP contribution is 2.23. The summed E-state index contributed by atoms with van der Waals surface area (Å²) in [5, 5.41) is 14.4. The minimum atomic E-state index is 0.272. The van der Waals surface area contributed by atoms with E-state index in [1.165, 1.54) is 4.88 Å². The molecule has 0 saturated carbocycles. The van der Waals surface area contributed by atoms with Crippen molar-refractivity contribution in [3.8, 4) is 6.07 Å². The Bertz CT molecular complexity index is 557. The van der Waals surface area contributed by atoms with Gasteiger partial charge in [0.2, 0.25) is 0 Å². The lowest BCUT2D eigenvalue weighted by atomic mass is 10.2. The molecule has 98 valence electrons. The van der Waals surface area contributed by atoms with E-state index in [1.54, 1.807) is 29.7 Å². The van der Waals surface area contributed by atoms with Crippen LogP contribution >= 0.6 is 11.3 Å². The van der Waals surface area contributed by atoms with Crippen LogP contribution in [0.3, 0.4) is 0 Å². The van der Waals surface area contributed by atoms with Crippen molar-refractivity contribution in [1.82, 2.24) is 9.88 Å². The van der Waals surface area contributed by atoms with Gasteiger partial charge in [0, 0.05) is 17.6 Å². The maximum absolute atomic E-state index is 9.04. The normalized spacial score (nSPS) is 12.1. The summed E-state index contributed by atoms with van der Waals surface area (Å²) in [5.41, 5.74) is 0.575. The molecule has 2 heterocycles. The smallest absolute Gasteiger partial charge is 0.143 e. The lowest BCUT2D eigenvalue weighted by Gasteiger charge is -2.23. The maximum atomic E-state index is 9.04. The average Bonchev–Trinajstić information content (AvgIpc) is 2.93. The van der Waals surface area contributed by atoms with Gasteiger partial charge in [0.05, 0.1) is 11.6 Å². The molecule has 5 heteroatoms. The molecule has 0 aliphatic carbocycles. The third-order valence-corrected chi connectivity index (χ3v) is 3.86. The largest absolute Gasteiger partial charge is 0.367 e. The van der Waals surface area contributed by atoms with Crippen LogP contribution in [0.1, 0.15) is 16.5 Å². The monoisotopic (exact) mass is 272 g/mol. The van der Waals surface area contributed by atoms with Gasteiger partial charge in [-0.2, -0.15) is 5.26 Å². The fraction of sp³-hybridized carbons (Fsp3) is 0.286. The zero-order valence-corrected chi connectivity index (χ0v) is 11.8. The minimum absolute atomic E-state index is 0.272. The van der Waals surface area contributed by atoms with Gasteiger partial charge < -0.3 is 10.2 Å². The molecule has 0 saturated heterocycles. The van der Waals surface area contributed by atoms with E-state index in [9.17, 15) is 0 Å². The number of anilines is 1. The van der Waals surface area contributed by atoms with Crippen molar-refractivity contribution >= 4 is 17.2 Å². The maximum Gasteiger partial charge on any atom is 0.143 e. The highest BCUT2D eigenvalue weighted by Gasteiger charge is 2.15. The van der Waals surface area contributed by atoms with Crippen molar-refractivity contribution in [3.63, 3.8) is 0 Å². The molecule has 0 bridgehead atoms. The van der Waals surface area contributed by atoms with E-state index in [2.05, 4.69) is 52.9 Å². The van der Waals surface area contributed by atoms with E-state index in [0.717, 1.165) is 6.54 Å². The van der Waals surface area contributed by atoms with Crippen LogP contribution in [0, 0.1) is 11.3 Å². The van der Waals surface area contributed by atoms with Crippen molar-refractivity contribution in [2.45, 2.75) is 6.04 Å².